The first-order valence-corrected chi connectivity index (χ1v) is 11.6. The first-order valence-electron chi connectivity index (χ1n) is 10.2. The first-order chi connectivity index (χ1) is 14.8. The summed E-state index contributed by atoms with van der Waals surface area (Å²) < 4.78 is 4.11. The van der Waals surface area contributed by atoms with Crippen LogP contribution in [0.15, 0.2) is 0 Å². The summed E-state index contributed by atoms with van der Waals surface area (Å²) in [6.45, 7) is 14.7. The summed E-state index contributed by atoms with van der Waals surface area (Å²) in [5.41, 5.74) is 0. The second-order valence-electron chi connectivity index (χ2n) is 5.47. The van der Waals surface area contributed by atoms with Gasteiger partial charge in [-0.25, -0.2) is 0 Å². The summed E-state index contributed by atoms with van der Waals surface area (Å²) in [6, 6.07) is 0. The van der Waals surface area contributed by atoms with Crippen LogP contribution in [0.3, 0.4) is 0 Å². The maximum absolute atomic E-state index is 9.93. The Morgan fingerprint density at radius 1 is 0.688 bits per heavy atom. The molecule has 4 amide bonds. The third-order valence-electron chi connectivity index (χ3n) is 2.25. The summed E-state index contributed by atoms with van der Waals surface area (Å²) in [5, 5.41) is 9.92. The molecule has 0 aromatic heterocycles. The second-order valence-corrected chi connectivity index (χ2v) is 6.46. The molecule has 0 atom stereocenters. The number of nitrogens with one attached hydrogen (secondary N) is 4. The lowest BCUT2D eigenvalue weighted by Crippen LogP contribution is -2.18. The van der Waals surface area contributed by atoms with Crippen LogP contribution in [-0.4, -0.2) is 75.9 Å². The monoisotopic (exact) mass is 484 g/mol. The van der Waals surface area contributed by atoms with E-state index in [0.29, 0.717) is 0 Å². The van der Waals surface area contributed by atoms with E-state index in [0.717, 1.165) is 13.1 Å². The van der Waals surface area contributed by atoms with Crippen molar-refractivity contribution in [3.63, 3.8) is 0 Å². The normalized spacial score (nSPS) is 7.38. The molecular formula is C21H48N4O6S. The quantitative estimate of drug-likeness (QED) is 0.445. The highest BCUT2D eigenvalue weighted by atomic mass is 32.2. The van der Waals surface area contributed by atoms with Crippen molar-refractivity contribution in [2.24, 2.45) is 0 Å². The third-order valence-corrected chi connectivity index (χ3v) is 3.07. The lowest BCUT2D eigenvalue weighted by atomic mass is 10.6. The van der Waals surface area contributed by atoms with Crippen molar-refractivity contribution in [2.75, 3.05) is 46.3 Å². The number of esters is 1. The molecule has 0 rings (SSSR count). The van der Waals surface area contributed by atoms with E-state index in [1.54, 1.807) is 14.1 Å². The van der Waals surface area contributed by atoms with Crippen LogP contribution in [0.25, 0.3) is 0 Å². The fourth-order valence-electron chi connectivity index (χ4n) is 0.702. The van der Waals surface area contributed by atoms with Crippen molar-refractivity contribution in [1.29, 1.82) is 0 Å². The number of carbonyl (C=O) groups is 5. The van der Waals surface area contributed by atoms with E-state index < -0.39 is 0 Å². The number of hydrogen-bond donors (Lipinski definition) is 4. The molecular weight excluding hydrogens is 436 g/mol. The number of ether oxygens (including phenoxy) is 1. The van der Waals surface area contributed by atoms with Crippen molar-refractivity contribution in [3.8, 4) is 0 Å². The minimum Gasteiger partial charge on any atom is -0.469 e. The first kappa shape index (κ1) is 43.6. The van der Waals surface area contributed by atoms with Gasteiger partial charge in [-0.15, -0.1) is 0 Å². The van der Waals surface area contributed by atoms with E-state index in [-0.39, 0.29) is 29.6 Å². The molecule has 0 aromatic carbocycles. The summed E-state index contributed by atoms with van der Waals surface area (Å²) in [4.78, 5) is 48.9. The van der Waals surface area contributed by atoms with Crippen molar-refractivity contribution >= 4 is 41.4 Å². The maximum Gasteiger partial charge on any atom is 0.302 e. The van der Waals surface area contributed by atoms with Crippen LogP contribution in [0, 0.1) is 0 Å². The molecule has 0 aliphatic heterocycles. The topological polar surface area (TPSA) is 143 Å². The lowest BCUT2D eigenvalue weighted by Gasteiger charge is -1.88. The number of methoxy groups -OCH3 is 1. The van der Waals surface area contributed by atoms with E-state index in [1.807, 2.05) is 25.6 Å². The minimum atomic E-state index is -0.245. The van der Waals surface area contributed by atoms with Gasteiger partial charge in [-0.1, -0.05) is 6.92 Å². The van der Waals surface area contributed by atoms with Gasteiger partial charge in [-0.05, 0) is 32.3 Å². The predicted octanol–water partition coefficient (Wildman–Crippen LogP) is 1.73. The summed E-state index contributed by atoms with van der Waals surface area (Å²) in [7, 11) is 4.55. The van der Waals surface area contributed by atoms with Crippen molar-refractivity contribution in [1.82, 2.24) is 21.3 Å². The number of amides is 4. The maximum atomic E-state index is 9.93. The molecule has 0 saturated carbocycles. The number of rotatable bonds is 4. The molecule has 0 unspecified atom stereocenters. The zero-order valence-electron chi connectivity index (χ0n) is 22.2. The molecule has 0 saturated heterocycles. The van der Waals surface area contributed by atoms with Gasteiger partial charge in [0.2, 0.25) is 23.6 Å². The van der Waals surface area contributed by atoms with Gasteiger partial charge in [0.05, 0.1) is 7.11 Å². The SMILES string of the molecule is CCCSC.CCNC(C)=O.CCNC(C)=O.CNC(C)=O.CNC(C)=O.COC(C)=O. The van der Waals surface area contributed by atoms with Crippen LogP contribution in [0.4, 0.5) is 0 Å². The van der Waals surface area contributed by atoms with Gasteiger partial charge in [0.1, 0.15) is 0 Å². The fourth-order valence-corrected chi connectivity index (χ4v) is 1.11. The van der Waals surface area contributed by atoms with Gasteiger partial charge in [-0.3, -0.25) is 24.0 Å². The Labute approximate surface area is 199 Å². The molecule has 0 spiro atoms. The summed E-state index contributed by atoms with van der Waals surface area (Å²) in [5.74, 6) is 1.15. The molecule has 0 fully saturated rings. The van der Waals surface area contributed by atoms with Gasteiger partial charge in [0, 0.05) is 61.8 Å². The smallest absolute Gasteiger partial charge is 0.302 e. The molecule has 0 heterocycles. The molecule has 194 valence electrons. The van der Waals surface area contributed by atoms with E-state index in [4.69, 9.17) is 0 Å². The second kappa shape index (κ2) is 42.7. The largest absolute Gasteiger partial charge is 0.469 e. The van der Waals surface area contributed by atoms with Crippen LogP contribution < -0.4 is 21.3 Å². The van der Waals surface area contributed by atoms with E-state index >= 15 is 0 Å². The zero-order chi connectivity index (χ0) is 27.0. The lowest BCUT2D eigenvalue weighted by molar-refractivity contribution is -0.138. The molecule has 0 bridgehead atoms. The van der Waals surface area contributed by atoms with Gasteiger partial charge < -0.3 is 26.0 Å². The molecule has 32 heavy (non-hydrogen) atoms. The Hall–Kier alpha value is -2.30. The average molecular weight is 485 g/mol. The highest BCUT2D eigenvalue weighted by Crippen LogP contribution is 1.91. The standard InChI is InChI=1S/2C4H9NO.C4H10S.2C3H7NO.C3H6O2/c2*1-3-5-4(2)6;1-3-4-5-2;2*1-3(5)4-2;1-3(4)5-2/h2*3H2,1-2H3,(H,5,6);3-4H2,1-2H3;2*1-2H3,(H,4,5);1-2H3. The van der Waals surface area contributed by atoms with Crippen molar-refractivity contribution < 1.29 is 28.7 Å². The highest BCUT2D eigenvalue weighted by Gasteiger charge is 1.79. The Kier molecular flexibility index (Phi) is 58.2. The number of thioether (sulfide) groups is 1. The summed E-state index contributed by atoms with van der Waals surface area (Å²) in [6.07, 6.45) is 3.44. The van der Waals surface area contributed by atoms with Crippen molar-refractivity contribution in [3.05, 3.63) is 0 Å². The molecule has 0 aliphatic rings. The zero-order valence-corrected chi connectivity index (χ0v) is 23.0. The highest BCUT2D eigenvalue weighted by molar-refractivity contribution is 7.98. The minimum absolute atomic E-state index is 0.00463. The predicted molar refractivity (Wildman–Crippen MR) is 135 cm³/mol. The molecule has 0 aromatic rings. The van der Waals surface area contributed by atoms with Gasteiger partial charge in [0.25, 0.3) is 0 Å². The third kappa shape index (κ3) is 144. The Bertz CT molecular complexity index is 399. The van der Waals surface area contributed by atoms with E-state index in [2.05, 4.69) is 39.2 Å². The van der Waals surface area contributed by atoms with E-state index in [9.17, 15) is 24.0 Å². The molecule has 4 N–H and O–H groups in total. The Balaban J connectivity index is -0.0000000635. The molecule has 0 aliphatic carbocycles. The number of carbonyl (C=O) groups excluding carboxylic acids is 5. The average Bonchev–Trinajstić information content (AvgIpc) is 2.70. The molecule has 10 nitrogen and oxygen atoms in total. The van der Waals surface area contributed by atoms with E-state index in [1.165, 1.54) is 53.9 Å². The van der Waals surface area contributed by atoms with Gasteiger partial charge >= 0.3 is 5.97 Å². The van der Waals surface area contributed by atoms with Crippen LogP contribution in [0.1, 0.15) is 61.8 Å². The Morgan fingerprint density at radius 2 is 0.938 bits per heavy atom. The van der Waals surface area contributed by atoms with Crippen LogP contribution in [0.5, 0.6) is 0 Å². The molecule has 11 heteroatoms. The van der Waals surface area contributed by atoms with Crippen molar-refractivity contribution in [2.45, 2.75) is 61.8 Å². The Morgan fingerprint density at radius 3 is 0.938 bits per heavy atom. The fraction of sp³-hybridized carbons (Fsp3) is 0.762. The van der Waals surface area contributed by atoms with Crippen LogP contribution >= 0.6 is 11.8 Å². The van der Waals surface area contributed by atoms with Gasteiger partial charge in [0.15, 0.2) is 0 Å². The van der Waals surface area contributed by atoms with Gasteiger partial charge in [-0.2, -0.15) is 11.8 Å². The summed E-state index contributed by atoms with van der Waals surface area (Å²) >= 11 is 1.90. The van der Waals surface area contributed by atoms with Crippen LogP contribution in [0.2, 0.25) is 0 Å². The molecule has 0 radical (unpaired) electrons. The number of hydrogen-bond acceptors (Lipinski definition) is 7. The van der Waals surface area contributed by atoms with Crippen LogP contribution in [-0.2, 0) is 28.7 Å².